The van der Waals surface area contributed by atoms with E-state index >= 15 is 0 Å². The minimum atomic E-state index is -3.68. The summed E-state index contributed by atoms with van der Waals surface area (Å²) in [7, 11) is -3.68. The summed E-state index contributed by atoms with van der Waals surface area (Å²) >= 11 is 6.62. The molecular formula is C10H10ClN3O2S2. The molecule has 1 N–H and O–H groups in total. The van der Waals surface area contributed by atoms with E-state index in [0.29, 0.717) is 5.69 Å². The van der Waals surface area contributed by atoms with Gasteiger partial charge in [0.25, 0.3) is 10.0 Å². The number of rotatable bonds is 3. The van der Waals surface area contributed by atoms with Crippen LogP contribution in [-0.4, -0.2) is 18.4 Å². The molecule has 0 aliphatic rings. The second kappa shape index (κ2) is 4.83. The zero-order valence-corrected chi connectivity index (χ0v) is 12.0. The van der Waals surface area contributed by atoms with Crippen LogP contribution in [0.1, 0.15) is 11.3 Å². The number of aromatic nitrogens is 2. The fourth-order valence-electron chi connectivity index (χ4n) is 1.38. The Hall–Kier alpha value is -1.18. The summed E-state index contributed by atoms with van der Waals surface area (Å²) in [4.78, 5) is 7.83. The predicted octanol–water partition coefficient (Wildman–Crippen LogP) is 2.61. The zero-order chi connectivity index (χ0) is 13.3. The first-order chi connectivity index (χ1) is 8.38. The minimum absolute atomic E-state index is 0.107. The van der Waals surface area contributed by atoms with Crippen molar-refractivity contribution in [1.82, 2.24) is 9.97 Å². The average Bonchev–Trinajstić information content (AvgIpc) is 2.58. The van der Waals surface area contributed by atoms with Crippen LogP contribution in [-0.2, 0) is 10.0 Å². The summed E-state index contributed by atoms with van der Waals surface area (Å²) in [5, 5.41) is 0. The van der Waals surface area contributed by atoms with Gasteiger partial charge in [0, 0.05) is 6.20 Å². The van der Waals surface area contributed by atoms with Crippen molar-refractivity contribution in [2.45, 2.75) is 18.1 Å². The third-order valence-corrected chi connectivity index (χ3v) is 5.35. The van der Waals surface area contributed by atoms with Crippen LogP contribution in [0.4, 0.5) is 5.82 Å². The number of anilines is 1. The molecule has 0 unspecified atom stereocenters. The first-order valence-corrected chi connectivity index (χ1v) is 7.64. The molecule has 0 fully saturated rings. The Balaban J connectivity index is 2.36. The second-order valence-corrected chi connectivity index (χ2v) is 7.12. The summed E-state index contributed by atoms with van der Waals surface area (Å²) in [6, 6.07) is 3.43. The lowest BCUT2D eigenvalue weighted by Gasteiger charge is -2.06. The average molecular weight is 304 g/mol. The van der Waals surface area contributed by atoms with E-state index in [4.69, 9.17) is 11.6 Å². The fraction of sp³-hybridized carbons (Fsp3) is 0.200. The largest absolute Gasteiger partial charge is 0.274 e. The van der Waals surface area contributed by atoms with Crippen molar-refractivity contribution in [3.63, 3.8) is 0 Å². The number of pyridine rings is 1. The highest BCUT2D eigenvalue weighted by Gasteiger charge is 2.21. The summed E-state index contributed by atoms with van der Waals surface area (Å²) in [5.74, 6) is 0.277. The van der Waals surface area contributed by atoms with Gasteiger partial charge in [-0.05, 0) is 31.5 Å². The van der Waals surface area contributed by atoms with Crippen LogP contribution in [0, 0.1) is 13.8 Å². The second-order valence-electron chi connectivity index (χ2n) is 3.66. The molecule has 0 spiro atoms. The van der Waals surface area contributed by atoms with E-state index in [1.807, 2.05) is 6.92 Å². The molecule has 0 aliphatic carbocycles. The highest BCUT2D eigenvalue weighted by atomic mass is 35.5. The molecule has 5 nitrogen and oxygen atoms in total. The van der Waals surface area contributed by atoms with E-state index in [-0.39, 0.29) is 14.5 Å². The van der Waals surface area contributed by atoms with E-state index in [2.05, 4.69) is 14.7 Å². The maximum absolute atomic E-state index is 12.1. The molecular weight excluding hydrogens is 294 g/mol. The van der Waals surface area contributed by atoms with Crippen LogP contribution >= 0.6 is 22.9 Å². The summed E-state index contributed by atoms with van der Waals surface area (Å²) in [5.41, 5.74) is 1.30. The van der Waals surface area contributed by atoms with Crippen molar-refractivity contribution in [3.8, 4) is 0 Å². The maximum atomic E-state index is 12.1. The summed E-state index contributed by atoms with van der Waals surface area (Å²) in [6.45, 7) is 3.45. The molecule has 96 valence electrons. The van der Waals surface area contributed by atoms with Gasteiger partial charge in [0.15, 0.2) is 8.68 Å². The third kappa shape index (κ3) is 2.80. The zero-order valence-electron chi connectivity index (χ0n) is 9.64. The van der Waals surface area contributed by atoms with E-state index in [9.17, 15) is 8.42 Å². The molecule has 0 bridgehead atoms. The molecule has 2 heterocycles. The Kier molecular flexibility index (Phi) is 3.56. The first-order valence-electron chi connectivity index (χ1n) is 4.97. The van der Waals surface area contributed by atoms with Gasteiger partial charge in [-0.1, -0.05) is 22.9 Å². The van der Waals surface area contributed by atoms with Crippen molar-refractivity contribution in [2.24, 2.45) is 0 Å². The maximum Gasteiger partial charge on any atom is 0.274 e. The van der Waals surface area contributed by atoms with Crippen molar-refractivity contribution in [1.29, 1.82) is 0 Å². The number of hydrogen-bond acceptors (Lipinski definition) is 5. The molecule has 2 rings (SSSR count). The van der Waals surface area contributed by atoms with Crippen molar-refractivity contribution >= 4 is 38.8 Å². The first kappa shape index (κ1) is 13.3. The number of halogens is 1. The molecule has 0 aliphatic heterocycles. The molecule has 0 saturated heterocycles. The van der Waals surface area contributed by atoms with Gasteiger partial charge < -0.3 is 0 Å². The summed E-state index contributed by atoms with van der Waals surface area (Å²) in [6.07, 6.45) is 1.54. The Morgan fingerprint density at radius 2 is 2.11 bits per heavy atom. The topological polar surface area (TPSA) is 72.0 Å². The number of nitrogens with zero attached hydrogens (tertiary/aromatic N) is 2. The lowest BCUT2D eigenvalue weighted by Crippen LogP contribution is -2.13. The molecule has 0 aromatic carbocycles. The van der Waals surface area contributed by atoms with Gasteiger partial charge in [-0.3, -0.25) is 4.72 Å². The number of aryl methyl sites for hydroxylation is 2. The SMILES string of the molecule is Cc1ccnc(NS(=O)(=O)c2sc(Cl)nc2C)c1. The Morgan fingerprint density at radius 3 is 2.67 bits per heavy atom. The third-order valence-electron chi connectivity index (χ3n) is 2.13. The van der Waals surface area contributed by atoms with Gasteiger partial charge in [-0.25, -0.2) is 18.4 Å². The Labute approximate surface area is 114 Å². The van der Waals surface area contributed by atoms with Gasteiger partial charge in [0.2, 0.25) is 0 Å². The van der Waals surface area contributed by atoms with Gasteiger partial charge in [-0.2, -0.15) is 0 Å². The highest BCUT2D eigenvalue weighted by Crippen LogP contribution is 2.28. The number of sulfonamides is 1. The predicted molar refractivity (Wildman–Crippen MR) is 71.6 cm³/mol. The van der Waals surface area contributed by atoms with Crippen LogP contribution in [0.25, 0.3) is 0 Å². The molecule has 0 saturated carbocycles. The lowest BCUT2D eigenvalue weighted by atomic mass is 10.3. The monoisotopic (exact) mass is 303 g/mol. The van der Waals surface area contributed by atoms with Gasteiger partial charge in [0.05, 0.1) is 5.69 Å². The Bertz CT molecular complexity index is 682. The smallest absolute Gasteiger partial charge is 0.263 e. The van der Waals surface area contributed by atoms with Crippen LogP contribution in [0.2, 0.25) is 4.47 Å². The van der Waals surface area contributed by atoms with E-state index in [1.165, 1.54) is 0 Å². The molecule has 2 aromatic heterocycles. The Morgan fingerprint density at radius 1 is 1.39 bits per heavy atom. The van der Waals surface area contributed by atoms with E-state index in [1.54, 1.807) is 25.3 Å². The molecule has 8 heteroatoms. The van der Waals surface area contributed by atoms with Crippen LogP contribution in [0.5, 0.6) is 0 Å². The molecule has 0 atom stereocenters. The van der Waals surface area contributed by atoms with Crippen LogP contribution in [0.15, 0.2) is 22.5 Å². The summed E-state index contributed by atoms with van der Waals surface area (Å²) < 4.78 is 26.9. The van der Waals surface area contributed by atoms with Crippen molar-refractivity contribution in [2.75, 3.05) is 4.72 Å². The minimum Gasteiger partial charge on any atom is -0.263 e. The van der Waals surface area contributed by atoms with Crippen molar-refractivity contribution < 1.29 is 8.42 Å². The quantitative estimate of drug-likeness (QED) is 0.946. The molecule has 18 heavy (non-hydrogen) atoms. The number of nitrogens with one attached hydrogen (secondary N) is 1. The van der Waals surface area contributed by atoms with E-state index < -0.39 is 10.0 Å². The normalized spacial score (nSPS) is 11.5. The van der Waals surface area contributed by atoms with Gasteiger partial charge in [-0.15, -0.1) is 0 Å². The van der Waals surface area contributed by atoms with Gasteiger partial charge in [0.1, 0.15) is 5.82 Å². The number of thiazole rings is 1. The molecule has 0 amide bonds. The molecule has 0 radical (unpaired) electrons. The standard InChI is InChI=1S/C10H10ClN3O2S2/c1-6-3-4-12-8(5-6)14-18(15,16)9-7(2)13-10(11)17-9/h3-5H,1-2H3,(H,12,14). The molecule has 2 aromatic rings. The highest BCUT2D eigenvalue weighted by molar-refractivity contribution is 7.94. The van der Waals surface area contributed by atoms with Crippen LogP contribution < -0.4 is 4.72 Å². The lowest BCUT2D eigenvalue weighted by molar-refractivity contribution is 0.602. The van der Waals surface area contributed by atoms with Crippen LogP contribution in [0.3, 0.4) is 0 Å². The van der Waals surface area contributed by atoms with Crippen molar-refractivity contribution in [3.05, 3.63) is 34.1 Å². The fourth-order valence-corrected chi connectivity index (χ4v) is 4.12. The number of hydrogen-bond donors (Lipinski definition) is 1. The van der Waals surface area contributed by atoms with Gasteiger partial charge >= 0.3 is 0 Å². The van der Waals surface area contributed by atoms with E-state index in [0.717, 1.165) is 16.9 Å².